The number of fused-ring (bicyclic) bond motifs is 1. The van der Waals surface area contributed by atoms with E-state index in [-0.39, 0.29) is 23.8 Å². The predicted molar refractivity (Wildman–Crippen MR) is 120 cm³/mol. The van der Waals surface area contributed by atoms with Gasteiger partial charge in [-0.2, -0.15) is 5.10 Å². The molecule has 0 bridgehead atoms. The first-order valence-electron chi connectivity index (χ1n) is 10.8. The number of H-pyrrole nitrogens is 1. The Bertz CT molecular complexity index is 1140. The zero-order chi connectivity index (χ0) is 22.2. The van der Waals surface area contributed by atoms with Gasteiger partial charge in [-0.25, -0.2) is 0 Å². The van der Waals surface area contributed by atoms with Crippen molar-refractivity contribution in [3.8, 4) is 22.8 Å². The topological polar surface area (TPSA) is 87.7 Å². The molecule has 3 heterocycles. The highest BCUT2D eigenvalue weighted by molar-refractivity contribution is 6.30. The number of nitrogens with zero attached hydrogens (tertiary/aromatic N) is 2. The number of phenolic OH excluding ortho intramolecular Hbond substituents is 1. The zero-order valence-electron chi connectivity index (χ0n) is 17.7. The highest BCUT2D eigenvalue weighted by atomic mass is 35.5. The number of rotatable bonds is 6. The largest absolute Gasteiger partial charge is 0.504 e. The van der Waals surface area contributed by atoms with Crippen molar-refractivity contribution >= 4 is 17.5 Å². The van der Waals surface area contributed by atoms with Crippen LogP contribution in [0.15, 0.2) is 42.5 Å². The van der Waals surface area contributed by atoms with E-state index in [2.05, 4.69) is 10.2 Å². The van der Waals surface area contributed by atoms with Crippen LogP contribution in [0.5, 0.6) is 11.5 Å². The standard InChI is InChI=1S/C24H24ClN3O4/c1-2-31-19-12-15(7-10-18(19)29)23-20-21(14-5-8-16(25)9-6-14)26-27-22(20)24(30)28(23)13-17-4-3-11-32-17/h5-10,12,17,23,29H,2-4,11,13H2,1H3,(H,26,27). The lowest BCUT2D eigenvalue weighted by Crippen LogP contribution is -2.36. The SMILES string of the molecule is CCOc1cc(C2c3c(-c4ccc(Cl)cc4)n[nH]c3C(=O)N2CC2CCCO2)ccc1O. The summed E-state index contributed by atoms with van der Waals surface area (Å²) in [7, 11) is 0. The Kier molecular flexibility index (Phi) is 5.53. The smallest absolute Gasteiger partial charge is 0.273 e. The summed E-state index contributed by atoms with van der Waals surface area (Å²) < 4.78 is 11.4. The number of benzene rings is 2. The lowest BCUT2D eigenvalue weighted by molar-refractivity contribution is 0.0495. The van der Waals surface area contributed by atoms with E-state index in [4.69, 9.17) is 21.1 Å². The number of hydrogen-bond donors (Lipinski definition) is 2. The van der Waals surface area contributed by atoms with Gasteiger partial charge in [-0.1, -0.05) is 29.8 Å². The summed E-state index contributed by atoms with van der Waals surface area (Å²) in [6.07, 6.45) is 1.92. The maximum absolute atomic E-state index is 13.4. The summed E-state index contributed by atoms with van der Waals surface area (Å²) in [4.78, 5) is 15.3. The van der Waals surface area contributed by atoms with Crippen LogP contribution in [0.2, 0.25) is 5.02 Å². The van der Waals surface area contributed by atoms with Crippen LogP contribution < -0.4 is 4.74 Å². The Hall–Kier alpha value is -3.03. The predicted octanol–water partition coefficient (Wildman–Crippen LogP) is 4.56. The molecule has 0 radical (unpaired) electrons. The first-order chi connectivity index (χ1) is 15.6. The van der Waals surface area contributed by atoms with Crippen LogP contribution in [0.3, 0.4) is 0 Å². The molecule has 0 aliphatic carbocycles. The molecule has 2 aliphatic rings. The lowest BCUT2D eigenvalue weighted by Gasteiger charge is -2.29. The maximum atomic E-state index is 13.4. The molecule has 2 aromatic carbocycles. The molecule has 1 fully saturated rings. The fourth-order valence-electron chi connectivity index (χ4n) is 4.54. The average Bonchev–Trinajstić information content (AvgIpc) is 3.51. The third-order valence-corrected chi connectivity index (χ3v) is 6.26. The van der Waals surface area contributed by atoms with Crippen molar-refractivity contribution in [2.75, 3.05) is 19.8 Å². The van der Waals surface area contributed by atoms with Crippen LogP contribution in [0.25, 0.3) is 11.3 Å². The van der Waals surface area contributed by atoms with Gasteiger partial charge in [-0.3, -0.25) is 9.89 Å². The number of nitrogens with one attached hydrogen (secondary N) is 1. The van der Waals surface area contributed by atoms with Gasteiger partial charge in [0, 0.05) is 29.3 Å². The summed E-state index contributed by atoms with van der Waals surface area (Å²) >= 11 is 6.08. The number of aromatic amines is 1. The van der Waals surface area contributed by atoms with Crippen LogP contribution >= 0.6 is 11.6 Å². The number of aromatic nitrogens is 2. The van der Waals surface area contributed by atoms with Crippen molar-refractivity contribution < 1.29 is 19.4 Å². The molecule has 2 N–H and O–H groups in total. The van der Waals surface area contributed by atoms with E-state index >= 15 is 0 Å². The number of carbonyl (C=O) groups is 1. The van der Waals surface area contributed by atoms with Crippen molar-refractivity contribution in [1.82, 2.24) is 15.1 Å². The van der Waals surface area contributed by atoms with E-state index in [1.54, 1.807) is 12.1 Å². The first-order valence-corrected chi connectivity index (χ1v) is 11.2. The van der Waals surface area contributed by atoms with E-state index in [0.29, 0.717) is 41.9 Å². The summed E-state index contributed by atoms with van der Waals surface area (Å²) in [6.45, 7) is 3.49. The van der Waals surface area contributed by atoms with Gasteiger partial charge in [0.1, 0.15) is 5.69 Å². The molecule has 2 atom stereocenters. The zero-order valence-corrected chi connectivity index (χ0v) is 18.4. The van der Waals surface area contributed by atoms with Crippen LogP contribution in [0.4, 0.5) is 0 Å². The number of phenols is 1. The molecule has 5 rings (SSSR count). The molecular weight excluding hydrogens is 430 g/mol. The molecule has 2 unspecified atom stereocenters. The third kappa shape index (κ3) is 3.61. The molecule has 1 aromatic heterocycles. The van der Waals surface area contributed by atoms with Gasteiger partial charge in [-0.05, 0) is 49.6 Å². The van der Waals surface area contributed by atoms with Gasteiger partial charge >= 0.3 is 0 Å². The number of amides is 1. The second kappa shape index (κ2) is 8.48. The minimum absolute atomic E-state index is 0.000810. The summed E-state index contributed by atoms with van der Waals surface area (Å²) in [5, 5.41) is 18.3. The van der Waals surface area contributed by atoms with Gasteiger partial charge in [0.2, 0.25) is 0 Å². The van der Waals surface area contributed by atoms with Crippen LogP contribution in [-0.2, 0) is 4.74 Å². The quantitative estimate of drug-likeness (QED) is 0.571. The second-order valence-corrected chi connectivity index (χ2v) is 8.46. The third-order valence-electron chi connectivity index (χ3n) is 6.01. The highest BCUT2D eigenvalue weighted by Crippen LogP contribution is 2.45. The highest BCUT2D eigenvalue weighted by Gasteiger charge is 2.43. The Morgan fingerprint density at radius 1 is 1.28 bits per heavy atom. The van der Waals surface area contributed by atoms with Gasteiger partial charge in [0.25, 0.3) is 5.91 Å². The molecule has 0 saturated carbocycles. The number of hydrogen-bond acceptors (Lipinski definition) is 5. The number of carbonyl (C=O) groups excluding carboxylic acids is 1. The fraction of sp³-hybridized carbons (Fsp3) is 0.333. The Morgan fingerprint density at radius 3 is 2.81 bits per heavy atom. The van der Waals surface area contributed by atoms with Crippen LogP contribution in [0.1, 0.15) is 47.4 Å². The molecule has 1 amide bonds. The van der Waals surface area contributed by atoms with Crippen LogP contribution in [0, 0.1) is 0 Å². The van der Waals surface area contributed by atoms with Crippen molar-refractivity contribution in [3.05, 3.63) is 64.3 Å². The second-order valence-electron chi connectivity index (χ2n) is 8.02. The molecule has 8 heteroatoms. The molecule has 2 aliphatic heterocycles. The molecule has 166 valence electrons. The first kappa shape index (κ1) is 20.8. The normalized spacial score (nSPS) is 20.1. The van der Waals surface area contributed by atoms with Crippen molar-refractivity contribution in [3.63, 3.8) is 0 Å². The Balaban J connectivity index is 1.62. The molecule has 1 saturated heterocycles. The van der Waals surface area contributed by atoms with Crippen molar-refractivity contribution in [2.45, 2.75) is 31.9 Å². The summed E-state index contributed by atoms with van der Waals surface area (Å²) in [6, 6.07) is 12.2. The molecule has 0 spiro atoms. The molecule has 32 heavy (non-hydrogen) atoms. The van der Waals surface area contributed by atoms with Gasteiger partial charge < -0.3 is 19.5 Å². The average molecular weight is 454 g/mol. The Labute approximate surface area is 190 Å². The number of aromatic hydroxyl groups is 1. The lowest BCUT2D eigenvalue weighted by atomic mass is 9.95. The molecule has 3 aromatic rings. The molecule has 7 nitrogen and oxygen atoms in total. The van der Waals surface area contributed by atoms with E-state index in [1.165, 1.54) is 0 Å². The summed E-state index contributed by atoms with van der Waals surface area (Å²) in [5.41, 5.74) is 3.70. The van der Waals surface area contributed by atoms with Crippen molar-refractivity contribution in [2.24, 2.45) is 0 Å². The fourth-order valence-corrected chi connectivity index (χ4v) is 4.66. The van der Waals surface area contributed by atoms with Crippen molar-refractivity contribution in [1.29, 1.82) is 0 Å². The van der Waals surface area contributed by atoms with E-state index in [9.17, 15) is 9.90 Å². The van der Waals surface area contributed by atoms with E-state index in [0.717, 1.165) is 29.5 Å². The summed E-state index contributed by atoms with van der Waals surface area (Å²) in [5.74, 6) is 0.342. The van der Waals surface area contributed by atoms with Crippen LogP contribution in [-0.4, -0.2) is 52.0 Å². The number of halogens is 1. The minimum atomic E-state index is -0.383. The van der Waals surface area contributed by atoms with Gasteiger partial charge in [-0.15, -0.1) is 0 Å². The van der Waals surface area contributed by atoms with Gasteiger partial charge in [0.05, 0.1) is 24.4 Å². The van der Waals surface area contributed by atoms with E-state index in [1.807, 2.05) is 42.2 Å². The number of ether oxygens (including phenoxy) is 2. The van der Waals surface area contributed by atoms with E-state index < -0.39 is 0 Å². The maximum Gasteiger partial charge on any atom is 0.273 e. The minimum Gasteiger partial charge on any atom is -0.504 e. The molecular formula is C24H24ClN3O4. The Morgan fingerprint density at radius 2 is 2.09 bits per heavy atom. The van der Waals surface area contributed by atoms with Gasteiger partial charge in [0.15, 0.2) is 11.5 Å². The monoisotopic (exact) mass is 453 g/mol.